The van der Waals surface area contributed by atoms with Gasteiger partial charge in [0, 0.05) is 17.8 Å². The van der Waals surface area contributed by atoms with Crippen LogP contribution in [0.4, 0.5) is 0 Å². The van der Waals surface area contributed by atoms with Crippen LogP contribution in [-0.2, 0) is 4.79 Å². The van der Waals surface area contributed by atoms with Gasteiger partial charge in [0.1, 0.15) is 0 Å². The summed E-state index contributed by atoms with van der Waals surface area (Å²) in [5, 5.41) is 0. The minimum absolute atomic E-state index is 0.0810. The van der Waals surface area contributed by atoms with E-state index in [0.717, 1.165) is 18.8 Å². The number of nitrogens with two attached hydrogens (primary N) is 1. The van der Waals surface area contributed by atoms with Crippen LogP contribution < -0.4 is 5.73 Å². The fourth-order valence-corrected chi connectivity index (χ4v) is 3.34. The number of carbonyl (C=O) groups is 1. The van der Waals surface area contributed by atoms with Gasteiger partial charge in [-0.1, -0.05) is 13.8 Å². The molecule has 1 amide bonds. The summed E-state index contributed by atoms with van der Waals surface area (Å²) < 4.78 is 1.17. The zero-order valence-electron chi connectivity index (χ0n) is 11.9. The predicted molar refractivity (Wildman–Crippen MR) is 71.3 cm³/mol. The first-order valence-corrected chi connectivity index (χ1v) is 7.08. The molecule has 4 atom stereocenters. The summed E-state index contributed by atoms with van der Waals surface area (Å²) in [6, 6.07) is 0. The Hall–Kier alpha value is -0.570. The Kier molecular flexibility index (Phi) is 4.99. The SMILES string of the molecule is CCC(CC1C[N+](C)(CC)CC1CC)C(N)=O. The lowest BCUT2D eigenvalue weighted by Crippen LogP contribution is -2.41. The molecule has 3 heteroatoms. The quantitative estimate of drug-likeness (QED) is 0.710. The van der Waals surface area contributed by atoms with Crippen LogP contribution in [0, 0.1) is 17.8 Å². The van der Waals surface area contributed by atoms with E-state index >= 15 is 0 Å². The molecule has 100 valence electrons. The molecule has 1 heterocycles. The third kappa shape index (κ3) is 3.44. The van der Waals surface area contributed by atoms with Crippen molar-refractivity contribution in [1.82, 2.24) is 0 Å². The van der Waals surface area contributed by atoms with Gasteiger partial charge in [-0.05, 0) is 26.2 Å². The number of quaternary nitrogens is 1. The molecule has 1 aliphatic heterocycles. The molecule has 1 rings (SSSR count). The zero-order chi connectivity index (χ0) is 13.1. The predicted octanol–water partition coefficient (Wildman–Crippen LogP) is 2.01. The van der Waals surface area contributed by atoms with Gasteiger partial charge < -0.3 is 10.2 Å². The Balaban J connectivity index is 2.66. The fraction of sp³-hybridized carbons (Fsp3) is 0.929. The van der Waals surface area contributed by atoms with Crippen LogP contribution in [0.1, 0.15) is 40.0 Å². The first-order valence-electron chi connectivity index (χ1n) is 7.08. The monoisotopic (exact) mass is 241 g/mol. The van der Waals surface area contributed by atoms with E-state index in [2.05, 4.69) is 27.8 Å². The van der Waals surface area contributed by atoms with Gasteiger partial charge in [-0.2, -0.15) is 0 Å². The normalized spacial score (nSPS) is 34.8. The molecule has 3 nitrogen and oxygen atoms in total. The third-order valence-electron chi connectivity index (χ3n) is 4.79. The van der Waals surface area contributed by atoms with Gasteiger partial charge in [-0.25, -0.2) is 0 Å². The summed E-state index contributed by atoms with van der Waals surface area (Å²) in [5.41, 5.74) is 5.47. The summed E-state index contributed by atoms with van der Waals surface area (Å²) in [5.74, 6) is 1.42. The van der Waals surface area contributed by atoms with Crippen molar-refractivity contribution in [3.8, 4) is 0 Å². The number of amides is 1. The standard InChI is InChI=1S/C14H28N2O/c1-5-11(14(15)17)8-13-10-16(4,7-3)9-12(13)6-2/h11-13H,5-10H2,1-4H3,(H-,15,17)/p+1. The van der Waals surface area contributed by atoms with Crippen LogP contribution in [0.15, 0.2) is 0 Å². The molecule has 0 aromatic heterocycles. The summed E-state index contributed by atoms with van der Waals surface area (Å²) in [7, 11) is 2.34. The Morgan fingerprint density at radius 1 is 1.29 bits per heavy atom. The van der Waals surface area contributed by atoms with Crippen LogP contribution in [0.25, 0.3) is 0 Å². The van der Waals surface area contributed by atoms with Gasteiger partial charge in [0.25, 0.3) is 0 Å². The van der Waals surface area contributed by atoms with E-state index in [9.17, 15) is 4.79 Å². The molecule has 0 aromatic carbocycles. The van der Waals surface area contributed by atoms with Gasteiger partial charge in [0.2, 0.25) is 5.91 Å². The van der Waals surface area contributed by atoms with Crippen molar-refractivity contribution in [2.45, 2.75) is 40.0 Å². The molecular formula is C14H29N2O+. The minimum Gasteiger partial charge on any atom is -0.369 e. The summed E-state index contributed by atoms with van der Waals surface area (Å²) >= 11 is 0. The number of hydrogen-bond acceptors (Lipinski definition) is 1. The average molecular weight is 241 g/mol. The molecule has 0 aromatic rings. The molecule has 1 saturated heterocycles. The second kappa shape index (κ2) is 5.85. The van der Waals surface area contributed by atoms with Crippen LogP contribution in [-0.4, -0.2) is 37.1 Å². The van der Waals surface area contributed by atoms with Crippen molar-refractivity contribution in [2.24, 2.45) is 23.5 Å². The maximum absolute atomic E-state index is 11.4. The maximum Gasteiger partial charge on any atom is 0.220 e. The molecule has 2 N–H and O–H groups in total. The number of nitrogens with zero attached hydrogens (tertiary/aromatic N) is 1. The highest BCUT2D eigenvalue weighted by atomic mass is 16.1. The van der Waals surface area contributed by atoms with E-state index in [0.29, 0.717) is 5.92 Å². The summed E-state index contributed by atoms with van der Waals surface area (Å²) in [6.45, 7) is 10.3. The molecule has 17 heavy (non-hydrogen) atoms. The first-order chi connectivity index (χ1) is 7.95. The van der Waals surface area contributed by atoms with Crippen LogP contribution in [0.3, 0.4) is 0 Å². The molecule has 0 radical (unpaired) electrons. The second-order valence-electron chi connectivity index (χ2n) is 5.97. The van der Waals surface area contributed by atoms with Crippen molar-refractivity contribution in [3.05, 3.63) is 0 Å². The number of carbonyl (C=O) groups excluding carboxylic acids is 1. The van der Waals surface area contributed by atoms with Crippen molar-refractivity contribution in [3.63, 3.8) is 0 Å². The second-order valence-corrected chi connectivity index (χ2v) is 5.97. The largest absolute Gasteiger partial charge is 0.369 e. The molecule has 4 unspecified atom stereocenters. The van der Waals surface area contributed by atoms with E-state index in [1.54, 1.807) is 0 Å². The van der Waals surface area contributed by atoms with Gasteiger partial charge in [-0.15, -0.1) is 0 Å². The lowest BCUT2D eigenvalue weighted by Gasteiger charge is -2.28. The average Bonchev–Trinajstić information content (AvgIpc) is 2.63. The Bertz CT molecular complexity index is 267. The molecule has 0 spiro atoms. The van der Waals surface area contributed by atoms with Crippen molar-refractivity contribution >= 4 is 5.91 Å². The Morgan fingerprint density at radius 2 is 1.88 bits per heavy atom. The molecule has 0 saturated carbocycles. The van der Waals surface area contributed by atoms with E-state index in [1.165, 1.54) is 30.5 Å². The topological polar surface area (TPSA) is 43.1 Å². The van der Waals surface area contributed by atoms with Gasteiger partial charge in [-0.3, -0.25) is 4.79 Å². The molecular weight excluding hydrogens is 212 g/mol. The molecule has 0 aliphatic carbocycles. The molecule has 1 aliphatic rings. The minimum atomic E-state index is -0.111. The number of primary amides is 1. The smallest absolute Gasteiger partial charge is 0.220 e. The number of hydrogen-bond donors (Lipinski definition) is 1. The third-order valence-corrected chi connectivity index (χ3v) is 4.79. The van der Waals surface area contributed by atoms with Crippen LogP contribution in [0.2, 0.25) is 0 Å². The summed E-state index contributed by atoms with van der Waals surface area (Å²) in [6.07, 6.45) is 3.12. The van der Waals surface area contributed by atoms with Gasteiger partial charge in [0.05, 0.1) is 26.7 Å². The maximum atomic E-state index is 11.4. The van der Waals surface area contributed by atoms with Gasteiger partial charge >= 0.3 is 0 Å². The van der Waals surface area contributed by atoms with E-state index in [4.69, 9.17) is 5.73 Å². The van der Waals surface area contributed by atoms with E-state index < -0.39 is 0 Å². The summed E-state index contributed by atoms with van der Waals surface area (Å²) in [4.78, 5) is 11.4. The van der Waals surface area contributed by atoms with Gasteiger partial charge in [0.15, 0.2) is 0 Å². The molecule has 0 bridgehead atoms. The lowest BCUT2D eigenvalue weighted by atomic mass is 9.84. The van der Waals surface area contributed by atoms with E-state index in [-0.39, 0.29) is 11.8 Å². The van der Waals surface area contributed by atoms with Crippen LogP contribution >= 0.6 is 0 Å². The highest BCUT2D eigenvalue weighted by Crippen LogP contribution is 2.35. The fourth-order valence-electron chi connectivity index (χ4n) is 3.34. The van der Waals surface area contributed by atoms with Crippen molar-refractivity contribution in [2.75, 3.05) is 26.7 Å². The number of likely N-dealkylation sites (tertiary alicyclic amines) is 1. The first kappa shape index (κ1) is 14.5. The highest BCUT2D eigenvalue weighted by Gasteiger charge is 2.41. The highest BCUT2D eigenvalue weighted by molar-refractivity contribution is 5.76. The Labute approximate surface area is 106 Å². The molecule has 1 fully saturated rings. The van der Waals surface area contributed by atoms with Crippen LogP contribution in [0.5, 0.6) is 0 Å². The van der Waals surface area contributed by atoms with Crippen molar-refractivity contribution < 1.29 is 9.28 Å². The Morgan fingerprint density at radius 3 is 2.29 bits per heavy atom. The van der Waals surface area contributed by atoms with Crippen molar-refractivity contribution in [1.29, 1.82) is 0 Å². The zero-order valence-corrected chi connectivity index (χ0v) is 11.9. The lowest BCUT2D eigenvalue weighted by molar-refractivity contribution is -0.898. The van der Waals surface area contributed by atoms with E-state index in [1.807, 2.05) is 0 Å². The number of rotatable bonds is 6.